The molecule has 1 aliphatic carbocycles. The molecule has 70 valence electrons. The van der Waals surface area contributed by atoms with Crippen LogP contribution in [0.3, 0.4) is 0 Å². The van der Waals surface area contributed by atoms with Crippen molar-refractivity contribution in [1.82, 2.24) is 4.90 Å². The second-order valence-corrected chi connectivity index (χ2v) is 4.38. The van der Waals surface area contributed by atoms with E-state index in [0.29, 0.717) is 24.9 Å². The standard InChI is InChI=1S/C9H16FNO/c1-9(10)2-3-11(6-9)8-4-7(8)5-12/h7-8,12H,2-6H2,1H3. The molecule has 0 aromatic heterocycles. The highest BCUT2D eigenvalue weighted by atomic mass is 19.1. The average molecular weight is 173 g/mol. The third kappa shape index (κ3) is 1.48. The Morgan fingerprint density at radius 3 is 2.83 bits per heavy atom. The summed E-state index contributed by atoms with van der Waals surface area (Å²) >= 11 is 0. The Labute approximate surface area is 72.4 Å². The zero-order chi connectivity index (χ0) is 8.77. The highest BCUT2D eigenvalue weighted by Gasteiger charge is 2.46. The zero-order valence-corrected chi connectivity index (χ0v) is 7.46. The van der Waals surface area contributed by atoms with Crippen LogP contribution < -0.4 is 0 Å². The van der Waals surface area contributed by atoms with Gasteiger partial charge in [0.25, 0.3) is 0 Å². The van der Waals surface area contributed by atoms with Gasteiger partial charge in [0.05, 0.1) is 0 Å². The summed E-state index contributed by atoms with van der Waals surface area (Å²) in [5.74, 6) is 0.430. The minimum Gasteiger partial charge on any atom is -0.396 e. The summed E-state index contributed by atoms with van der Waals surface area (Å²) in [6, 6.07) is 0.479. The van der Waals surface area contributed by atoms with Crippen molar-refractivity contribution in [1.29, 1.82) is 0 Å². The number of aliphatic hydroxyl groups excluding tert-OH is 1. The van der Waals surface area contributed by atoms with Gasteiger partial charge in [-0.2, -0.15) is 0 Å². The monoisotopic (exact) mass is 173 g/mol. The lowest BCUT2D eigenvalue weighted by molar-refractivity contribution is 0.177. The molecule has 3 unspecified atom stereocenters. The number of hydrogen-bond acceptors (Lipinski definition) is 2. The predicted octanol–water partition coefficient (Wildman–Crippen LogP) is 0.801. The molecular formula is C9H16FNO. The summed E-state index contributed by atoms with van der Waals surface area (Å²) in [6.07, 6.45) is 1.72. The van der Waals surface area contributed by atoms with E-state index in [1.807, 2.05) is 0 Å². The molecule has 0 aromatic rings. The molecule has 0 spiro atoms. The number of likely N-dealkylation sites (tertiary alicyclic amines) is 1. The Morgan fingerprint density at radius 1 is 1.67 bits per heavy atom. The summed E-state index contributed by atoms with van der Waals surface area (Å²) in [7, 11) is 0. The second kappa shape index (κ2) is 2.67. The largest absolute Gasteiger partial charge is 0.396 e. The van der Waals surface area contributed by atoms with Crippen LogP contribution in [-0.2, 0) is 0 Å². The first-order valence-electron chi connectivity index (χ1n) is 4.66. The first kappa shape index (κ1) is 8.45. The molecule has 2 nitrogen and oxygen atoms in total. The lowest BCUT2D eigenvalue weighted by Gasteiger charge is -2.16. The number of halogens is 1. The van der Waals surface area contributed by atoms with Gasteiger partial charge in [0.15, 0.2) is 0 Å². The third-order valence-corrected chi connectivity index (χ3v) is 3.04. The van der Waals surface area contributed by atoms with Crippen molar-refractivity contribution in [2.75, 3.05) is 19.7 Å². The van der Waals surface area contributed by atoms with Gasteiger partial charge in [0, 0.05) is 25.7 Å². The zero-order valence-electron chi connectivity index (χ0n) is 7.46. The molecule has 12 heavy (non-hydrogen) atoms. The van der Waals surface area contributed by atoms with Gasteiger partial charge >= 0.3 is 0 Å². The van der Waals surface area contributed by atoms with Crippen molar-refractivity contribution in [3.05, 3.63) is 0 Å². The maximum absolute atomic E-state index is 13.4. The summed E-state index contributed by atoms with van der Waals surface area (Å²) in [5.41, 5.74) is -0.984. The topological polar surface area (TPSA) is 23.5 Å². The van der Waals surface area contributed by atoms with E-state index in [0.717, 1.165) is 13.0 Å². The van der Waals surface area contributed by atoms with E-state index in [9.17, 15) is 4.39 Å². The van der Waals surface area contributed by atoms with Gasteiger partial charge in [-0.1, -0.05) is 0 Å². The summed E-state index contributed by atoms with van der Waals surface area (Å²) in [5, 5.41) is 8.85. The second-order valence-electron chi connectivity index (χ2n) is 4.38. The van der Waals surface area contributed by atoms with Crippen molar-refractivity contribution in [3.8, 4) is 0 Å². The molecule has 1 aliphatic heterocycles. The molecule has 0 amide bonds. The molecule has 1 N–H and O–H groups in total. The lowest BCUT2D eigenvalue weighted by Crippen LogP contribution is -2.29. The van der Waals surface area contributed by atoms with Crippen molar-refractivity contribution < 1.29 is 9.50 Å². The Kier molecular flexibility index (Phi) is 1.88. The van der Waals surface area contributed by atoms with Crippen LogP contribution in [0.2, 0.25) is 0 Å². The van der Waals surface area contributed by atoms with Crippen LogP contribution in [0.5, 0.6) is 0 Å². The van der Waals surface area contributed by atoms with E-state index in [2.05, 4.69) is 4.90 Å². The molecular weight excluding hydrogens is 157 g/mol. The third-order valence-electron chi connectivity index (χ3n) is 3.04. The summed E-state index contributed by atoms with van der Waals surface area (Å²) in [4.78, 5) is 2.18. The van der Waals surface area contributed by atoms with Crippen molar-refractivity contribution >= 4 is 0 Å². The Bertz CT molecular complexity index is 183. The van der Waals surface area contributed by atoms with Gasteiger partial charge < -0.3 is 5.11 Å². The van der Waals surface area contributed by atoms with Crippen LogP contribution in [-0.4, -0.2) is 41.4 Å². The molecule has 2 fully saturated rings. The molecule has 0 bridgehead atoms. The molecule has 1 saturated heterocycles. The highest BCUT2D eigenvalue weighted by molar-refractivity contribution is 5.00. The van der Waals surface area contributed by atoms with Crippen LogP contribution in [0.15, 0.2) is 0 Å². The van der Waals surface area contributed by atoms with Gasteiger partial charge in [-0.25, -0.2) is 4.39 Å². The van der Waals surface area contributed by atoms with E-state index in [4.69, 9.17) is 5.11 Å². The van der Waals surface area contributed by atoms with Crippen molar-refractivity contribution in [2.45, 2.75) is 31.5 Å². The highest BCUT2D eigenvalue weighted by Crippen LogP contribution is 2.39. The predicted molar refractivity (Wildman–Crippen MR) is 44.7 cm³/mol. The fourth-order valence-corrected chi connectivity index (χ4v) is 2.12. The Hall–Kier alpha value is -0.150. The summed E-state index contributed by atoms with van der Waals surface area (Å²) < 4.78 is 13.4. The Balaban J connectivity index is 1.85. The number of aliphatic hydroxyl groups is 1. The SMILES string of the molecule is CC1(F)CCN(C2CC2CO)C1. The number of nitrogens with zero attached hydrogens (tertiary/aromatic N) is 1. The van der Waals surface area contributed by atoms with Crippen LogP contribution in [0, 0.1) is 5.92 Å². The first-order chi connectivity index (χ1) is 5.62. The minimum absolute atomic E-state index is 0.268. The van der Waals surface area contributed by atoms with Crippen molar-refractivity contribution in [3.63, 3.8) is 0 Å². The lowest BCUT2D eigenvalue weighted by atomic mass is 10.1. The van der Waals surface area contributed by atoms with Crippen molar-refractivity contribution in [2.24, 2.45) is 5.92 Å². The fourth-order valence-electron chi connectivity index (χ4n) is 2.12. The van der Waals surface area contributed by atoms with Gasteiger partial charge in [-0.3, -0.25) is 4.90 Å². The first-order valence-corrected chi connectivity index (χ1v) is 4.66. The molecule has 1 saturated carbocycles. The van der Waals surface area contributed by atoms with Gasteiger partial charge in [0.1, 0.15) is 5.67 Å². The molecule has 2 rings (SSSR count). The fraction of sp³-hybridized carbons (Fsp3) is 1.00. The normalized spacial score (nSPS) is 48.2. The van der Waals surface area contributed by atoms with E-state index < -0.39 is 5.67 Å². The summed E-state index contributed by atoms with van der Waals surface area (Å²) in [6.45, 7) is 3.37. The Morgan fingerprint density at radius 2 is 2.42 bits per heavy atom. The van der Waals surface area contributed by atoms with Gasteiger partial charge in [-0.15, -0.1) is 0 Å². The quantitative estimate of drug-likeness (QED) is 0.667. The number of hydrogen-bond donors (Lipinski definition) is 1. The molecule has 3 atom stereocenters. The minimum atomic E-state index is -0.984. The van der Waals surface area contributed by atoms with Crippen LogP contribution >= 0.6 is 0 Å². The van der Waals surface area contributed by atoms with E-state index in [1.54, 1.807) is 6.92 Å². The van der Waals surface area contributed by atoms with E-state index in [-0.39, 0.29) is 6.61 Å². The molecule has 0 radical (unpaired) electrons. The van der Waals surface area contributed by atoms with E-state index in [1.165, 1.54) is 0 Å². The molecule has 3 heteroatoms. The van der Waals surface area contributed by atoms with Crippen LogP contribution in [0.1, 0.15) is 19.8 Å². The number of alkyl halides is 1. The average Bonchev–Trinajstić information content (AvgIpc) is 2.70. The van der Waals surface area contributed by atoms with E-state index >= 15 is 0 Å². The van der Waals surface area contributed by atoms with Crippen LogP contribution in [0.25, 0.3) is 0 Å². The smallest absolute Gasteiger partial charge is 0.122 e. The molecule has 0 aromatic carbocycles. The maximum atomic E-state index is 13.4. The van der Waals surface area contributed by atoms with Gasteiger partial charge in [0.2, 0.25) is 0 Å². The maximum Gasteiger partial charge on any atom is 0.122 e. The van der Waals surface area contributed by atoms with Crippen LogP contribution in [0.4, 0.5) is 4.39 Å². The number of rotatable bonds is 2. The molecule has 2 aliphatic rings. The molecule has 1 heterocycles. The van der Waals surface area contributed by atoms with Gasteiger partial charge in [-0.05, 0) is 25.7 Å².